The molecule has 2 aromatic rings. The molecule has 2 aromatic carbocycles. The molecular formula is C19H16BrF3N2O3. The van der Waals surface area contributed by atoms with Gasteiger partial charge in [0.05, 0.1) is 6.04 Å². The Bertz CT molecular complexity index is 900. The molecule has 1 aliphatic rings. The number of carbonyl (C=O) groups excluding carboxylic acids is 2. The highest BCUT2D eigenvalue weighted by atomic mass is 79.9. The summed E-state index contributed by atoms with van der Waals surface area (Å²) in [4.78, 5) is 25.0. The van der Waals surface area contributed by atoms with Crippen LogP contribution in [-0.4, -0.2) is 28.8 Å². The molecule has 1 fully saturated rings. The van der Waals surface area contributed by atoms with Gasteiger partial charge in [0.15, 0.2) is 5.78 Å². The number of benzene rings is 2. The zero-order valence-corrected chi connectivity index (χ0v) is 16.1. The lowest BCUT2D eigenvalue weighted by Crippen LogP contribution is -2.72. The quantitative estimate of drug-likeness (QED) is 0.613. The summed E-state index contributed by atoms with van der Waals surface area (Å²) in [6.07, 6.45) is -5.27. The van der Waals surface area contributed by atoms with Crippen molar-refractivity contribution in [3.63, 3.8) is 0 Å². The number of hydrogen-bond donors (Lipinski definition) is 3. The number of halogens is 4. The molecule has 0 saturated carbocycles. The minimum atomic E-state index is -5.27. The summed E-state index contributed by atoms with van der Waals surface area (Å²) in [5, 5.41) is 14.3. The SMILES string of the molecule is Cc1ccc(C2NC(=O)NC(O)(C(F)(F)F)C2C(=O)c2ccc(Br)cc2)cc1. The van der Waals surface area contributed by atoms with Crippen LogP contribution in [0.2, 0.25) is 0 Å². The third kappa shape index (κ3) is 3.64. The Hall–Kier alpha value is -2.39. The van der Waals surface area contributed by atoms with Crippen LogP contribution in [0.5, 0.6) is 0 Å². The normalized spacial score (nSPS) is 25.0. The third-order valence-electron chi connectivity index (χ3n) is 4.65. The van der Waals surface area contributed by atoms with Crippen LogP contribution in [0, 0.1) is 12.8 Å². The van der Waals surface area contributed by atoms with Gasteiger partial charge < -0.3 is 15.7 Å². The number of ketones is 1. The van der Waals surface area contributed by atoms with E-state index in [4.69, 9.17) is 0 Å². The van der Waals surface area contributed by atoms with Crippen molar-refractivity contribution in [2.24, 2.45) is 5.92 Å². The van der Waals surface area contributed by atoms with E-state index < -0.39 is 35.7 Å². The summed E-state index contributed by atoms with van der Waals surface area (Å²) in [5.74, 6) is -2.99. The van der Waals surface area contributed by atoms with Gasteiger partial charge in [-0.2, -0.15) is 13.2 Å². The van der Waals surface area contributed by atoms with E-state index in [-0.39, 0.29) is 11.1 Å². The van der Waals surface area contributed by atoms with E-state index in [9.17, 15) is 27.9 Å². The van der Waals surface area contributed by atoms with E-state index in [0.29, 0.717) is 4.47 Å². The van der Waals surface area contributed by atoms with Gasteiger partial charge in [-0.25, -0.2) is 4.79 Å². The Morgan fingerprint density at radius 1 is 1.11 bits per heavy atom. The van der Waals surface area contributed by atoms with E-state index in [1.165, 1.54) is 41.7 Å². The fraction of sp³-hybridized carbons (Fsp3) is 0.263. The summed E-state index contributed by atoms with van der Waals surface area (Å²) in [5.41, 5.74) is -2.62. The molecule has 0 spiro atoms. The zero-order chi connectivity index (χ0) is 20.7. The van der Waals surface area contributed by atoms with Gasteiger partial charge in [0.1, 0.15) is 5.92 Å². The summed E-state index contributed by atoms with van der Waals surface area (Å²) < 4.78 is 42.0. The van der Waals surface area contributed by atoms with E-state index in [1.54, 1.807) is 19.1 Å². The number of alkyl halides is 3. The number of rotatable bonds is 3. The van der Waals surface area contributed by atoms with Crippen LogP contribution in [0.25, 0.3) is 0 Å². The van der Waals surface area contributed by atoms with Crippen molar-refractivity contribution in [2.45, 2.75) is 24.9 Å². The largest absolute Gasteiger partial charge is 0.437 e. The van der Waals surface area contributed by atoms with E-state index in [1.807, 2.05) is 0 Å². The molecule has 0 aromatic heterocycles. The van der Waals surface area contributed by atoms with Gasteiger partial charge >= 0.3 is 12.2 Å². The van der Waals surface area contributed by atoms with Crippen LogP contribution in [0.1, 0.15) is 27.5 Å². The summed E-state index contributed by atoms with van der Waals surface area (Å²) in [7, 11) is 0. The lowest BCUT2D eigenvalue weighted by atomic mass is 9.77. The molecule has 148 valence electrons. The van der Waals surface area contributed by atoms with Crippen LogP contribution in [0.4, 0.5) is 18.0 Å². The second-order valence-corrected chi connectivity index (χ2v) is 7.52. The molecule has 0 radical (unpaired) electrons. The Morgan fingerprint density at radius 2 is 1.68 bits per heavy atom. The first kappa shape index (κ1) is 20.3. The second kappa shape index (κ2) is 7.21. The number of aryl methyl sites for hydroxylation is 1. The minimum absolute atomic E-state index is 0.0223. The maximum absolute atomic E-state index is 13.8. The molecule has 1 saturated heterocycles. The highest BCUT2D eigenvalue weighted by Crippen LogP contribution is 2.44. The van der Waals surface area contributed by atoms with Crippen LogP contribution >= 0.6 is 15.9 Å². The Kier molecular flexibility index (Phi) is 5.24. The zero-order valence-electron chi connectivity index (χ0n) is 14.5. The van der Waals surface area contributed by atoms with Crippen LogP contribution in [0.3, 0.4) is 0 Å². The smallest absolute Gasteiger partial charge is 0.363 e. The van der Waals surface area contributed by atoms with Crippen LogP contribution in [-0.2, 0) is 0 Å². The molecule has 0 aliphatic carbocycles. The van der Waals surface area contributed by atoms with Crippen molar-refractivity contribution in [2.75, 3.05) is 0 Å². The van der Waals surface area contributed by atoms with Crippen molar-refractivity contribution in [1.29, 1.82) is 0 Å². The average Bonchev–Trinajstić information content (AvgIpc) is 2.61. The lowest BCUT2D eigenvalue weighted by Gasteiger charge is -2.45. The van der Waals surface area contributed by atoms with E-state index >= 15 is 0 Å². The molecule has 28 heavy (non-hydrogen) atoms. The molecule has 3 unspecified atom stereocenters. The lowest BCUT2D eigenvalue weighted by molar-refractivity contribution is -0.287. The highest BCUT2D eigenvalue weighted by molar-refractivity contribution is 9.10. The Labute approximate surface area is 167 Å². The molecular weight excluding hydrogens is 441 g/mol. The topological polar surface area (TPSA) is 78.4 Å². The van der Waals surface area contributed by atoms with E-state index in [2.05, 4.69) is 21.2 Å². The van der Waals surface area contributed by atoms with Gasteiger partial charge in [-0.3, -0.25) is 4.79 Å². The van der Waals surface area contributed by atoms with Gasteiger partial charge in [0, 0.05) is 10.0 Å². The fourth-order valence-electron chi connectivity index (χ4n) is 3.18. The van der Waals surface area contributed by atoms with Gasteiger partial charge in [0.2, 0.25) is 5.72 Å². The van der Waals surface area contributed by atoms with Gasteiger partial charge in [0.25, 0.3) is 0 Å². The standard InChI is InChI=1S/C19H16BrF3N2O3/c1-10-2-4-11(5-3-10)15-14(16(26)12-6-8-13(20)9-7-12)18(28,19(21,22)23)25-17(27)24-15/h2-9,14-15,28H,1H3,(H2,24,25,27). The van der Waals surface area contributed by atoms with Gasteiger partial charge in [-0.15, -0.1) is 0 Å². The average molecular weight is 457 g/mol. The fourth-order valence-corrected chi connectivity index (χ4v) is 3.45. The summed E-state index contributed by atoms with van der Waals surface area (Å²) in [6, 6.07) is 9.47. The predicted molar refractivity (Wildman–Crippen MR) is 98.6 cm³/mol. The Morgan fingerprint density at radius 3 is 2.21 bits per heavy atom. The van der Waals surface area contributed by atoms with Crippen molar-refractivity contribution in [3.8, 4) is 0 Å². The minimum Gasteiger partial charge on any atom is -0.363 e. The molecule has 3 atom stereocenters. The number of aliphatic hydroxyl groups is 1. The molecule has 1 aliphatic heterocycles. The molecule has 2 amide bonds. The van der Waals surface area contributed by atoms with Crippen molar-refractivity contribution in [1.82, 2.24) is 10.6 Å². The molecule has 3 rings (SSSR count). The summed E-state index contributed by atoms with van der Waals surface area (Å²) >= 11 is 3.20. The first-order chi connectivity index (χ1) is 13.0. The first-order valence-electron chi connectivity index (χ1n) is 8.27. The second-order valence-electron chi connectivity index (χ2n) is 6.60. The molecule has 1 heterocycles. The van der Waals surface area contributed by atoms with Crippen molar-refractivity contribution in [3.05, 3.63) is 69.7 Å². The molecule has 3 N–H and O–H groups in total. The number of hydrogen-bond acceptors (Lipinski definition) is 3. The monoisotopic (exact) mass is 456 g/mol. The number of urea groups is 1. The number of carbonyl (C=O) groups is 2. The van der Waals surface area contributed by atoms with Crippen molar-refractivity contribution >= 4 is 27.7 Å². The van der Waals surface area contributed by atoms with Crippen LogP contribution < -0.4 is 10.6 Å². The number of Topliss-reactive ketones (excluding diaryl/α,β-unsaturated/α-hetero) is 1. The highest BCUT2D eigenvalue weighted by Gasteiger charge is 2.66. The van der Waals surface area contributed by atoms with Gasteiger partial charge in [-0.1, -0.05) is 57.9 Å². The molecule has 9 heteroatoms. The molecule has 0 bridgehead atoms. The number of amides is 2. The third-order valence-corrected chi connectivity index (χ3v) is 5.18. The number of nitrogens with one attached hydrogen (secondary N) is 2. The van der Waals surface area contributed by atoms with Crippen LogP contribution in [0.15, 0.2) is 53.0 Å². The van der Waals surface area contributed by atoms with E-state index in [0.717, 1.165) is 5.56 Å². The maximum Gasteiger partial charge on any atom is 0.437 e. The molecule has 5 nitrogen and oxygen atoms in total. The maximum atomic E-state index is 13.8. The summed E-state index contributed by atoms with van der Waals surface area (Å²) in [6.45, 7) is 1.79. The van der Waals surface area contributed by atoms with Crippen molar-refractivity contribution < 1.29 is 27.9 Å². The van der Waals surface area contributed by atoms with Gasteiger partial charge in [-0.05, 0) is 24.6 Å². The Balaban J connectivity index is 2.15. The first-order valence-corrected chi connectivity index (χ1v) is 9.06. The predicted octanol–water partition coefficient (Wildman–Crippen LogP) is 3.86.